The zero-order chi connectivity index (χ0) is 16.9. The van der Waals surface area contributed by atoms with Crippen molar-refractivity contribution in [1.29, 1.82) is 0 Å². The van der Waals surface area contributed by atoms with Crippen LogP contribution in [0.1, 0.15) is 5.56 Å². The Balaban J connectivity index is 0.000000203. The van der Waals surface area contributed by atoms with Crippen molar-refractivity contribution >= 4 is 36.2 Å². The summed E-state index contributed by atoms with van der Waals surface area (Å²) < 4.78 is 26.4. The maximum absolute atomic E-state index is 8.94. The van der Waals surface area contributed by atoms with Gasteiger partial charge in [0.25, 0.3) is 0 Å². The molecule has 23 heavy (non-hydrogen) atoms. The summed E-state index contributed by atoms with van der Waals surface area (Å²) in [6.45, 7) is -2.32. The van der Waals surface area contributed by atoms with Crippen LogP contribution in [-0.2, 0) is 34.0 Å². The zero-order valence-corrected chi connectivity index (χ0v) is 11.9. The summed E-state index contributed by atoms with van der Waals surface area (Å²) in [6, 6.07) is 10.2. The van der Waals surface area contributed by atoms with E-state index in [1.54, 1.807) is 0 Å². The van der Waals surface area contributed by atoms with E-state index in [-0.39, 0.29) is 0 Å². The fourth-order valence-electron chi connectivity index (χ4n) is 1.73. The first kappa shape index (κ1) is 18.4. The van der Waals surface area contributed by atoms with Crippen molar-refractivity contribution in [3.05, 3.63) is 35.9 Å². The lowest BCUT2D eigenvalue weighted by Gasteiger charge is -2.49. The Morgan fingerprint density at radius 3 is 1.48 bits per heavy atom. The van der Waals surface area contributed by atoms with Crippen molar-refractivity contribution in [3.8, 4) is 0 Å². The average Bonchev–Trinajstić information content (AvgIpc) is 2.45. The predicted octanol–water partition coefficient (Wildman–Crippen LogP) is -4.11. The van der Waals surface area contributed by atoms with Crippen molar-refractivity contribution in [1.82, 2.24) is 0 Å². The Labute approximate surface area is 132 Å². The fraction of sp³-hybridized carbons (Fsp3) is 0.143. The third-order valence-electron chi connectivity index (χ3n) is 2.73. The van der Waals surface area contributed by atoms with E-state index in [1.165, 1.54) is 5.56 Å². The molecule has 2 fully saturated rings. The molecule has 0 bridgehead atoms. The van der Waals surface area contributed by atoms with Crippen LogP contribution in [0.25, 0.3) is 0 Å². The van der Waals surface area contributed by atoms with Crippen LogP contribution in [0.2, 0.25) is 0 Å². The number of quaternary nitrogens is 1. The molecule has 1 aromatic carbocycles. The Bertz CT molecular complexity index is 438. The summed E-state index contributed by atoms with van der Waals surface area (Å²) >= 11 is 0. The molecular weight excluding hydrogens is 312 g/mol. The first-order valence-electron chi connectivity index (χ1n) is 6.63. The van der Waals surface area contributed by atoms with E-state index < -0.39 is 36.2 Å². The average molecular weight is 326 g/mol. The SMILES string of the molecule is OB1OB(O)O[B-]2(O1)OB(O)OB(O)O2.[NH3+]Cc1ccccc1. The lowest BCUT2D eigenvalue weighted by atomic mass is 9.84. The minimum absolute atomic E-state index is 0.890. The Hall–Kier alpha value is -0.895. The highest BCUT2D eigenvalue weighted by atomic mass is 17.0. The van der Waals surface area contributed by atoms with Gasteiger partial charge in [-0.1, -0.05) is 30.3 Å². The molecule has 16 heteroatoms. The fourth-order valence-corrected chi connectivity index (χ4v) is 1.73. The van der Waals surface area contributed by atoms with Crippen molar-refractivity contribution in [3.63, 3.8) is 0 Å². The highest BCUT2D eigenvalue weighted by molar-refractivity contribution is 6.81. The summed E-state index contributed by atoms with van der Waals surface area (Å²) in [5.74, 6) is 0. The Morgan fingerprint density at radius 2 is 1.17 bits per heavy atom. The molecule has 0 atom stereocenters. The molecular formula is C7H14B5NO10. The maximum atomic E-state index is 8.94. The van der Waals surface area contributed by atoms with E-state index in [0.29, 0.717) is 0 Å². The number of hydrogen-bond donors (Lipinski definition) is 5. The first-order valence-corrected chi connectivity index (χ1v) is 6.63. The van der Waals surface area contributed by atoms with Gasteiger partial charge in [0.15, 0.2) is 0 Å². The van der Waals surface area contributed by atoms with Gasteiger partial charge in [-0.05, 0) is 0 Å². The molecule has 3 rings (SSSR count). The maximum Gasteiger partial charge on any atom is 0.582 e. The smallest absolute Gasteiger partial charge is 0.539 e. The molecule has 2 heterocycles. The van der Waals surface area contributed by atoms with Crippen LogP contribution < -0.4 is 5.73 Å². The van der Waals surface area contributed by atoms with Crippen LogP contribution in [0.4, 0.5) is 0 Å². The van der Waals surface area contributed by atoms with E-state index >= 15 is 0 Å². The molecule has 2 saturated heterocycles. The highest BCUT2D eigenvalue weighted by Gasteiger charge is 2.53. The topological polar surface area (TPSA) is 164 Å². The minimum Gasteiger partial charge on any atom is -0.539 e. The van der Waals surface area contributed by atoms with Crippen LogP contribution in [0.5, 0.6) is 0 Å². The van der Waals surface area contributed by atoms with Gasteiger partial charge < -0.3 is 53.3 Å². The van der Waals surface area contributed by atoms with Gasteiger partial charge in [-0.2, -0.15) is 0 Å². The standard InChI is InChI=1S/C7H9N.B5H4O10/c8-6-7-4-2-1-3-5-7;6-1-10-2(7)13-5(12-1)14-3(8)11-4(9)15-5/h1-5H,6,8H2;6-9H/q;-1/p+1. The predicted molar refractivity (Wildman–Crippen MR) is 77.2 cm³/mol. The van der Waals surface area contributed by atoms with Crippen molar-refractivity contribution in [2.24, 2.45) is 0 Å². The van der Waals surface area contributed by atoms with Crippen LogP contribution in [0, 0.1) is 0 Å². The summed E-state index contributed by atoms with van der Waals surface area (Å²) in [4.78, 5) is 0. The molecule has 11 nitrogen and oxygen atoms in total. The van der Waals surface area contributed by atoms with Crippen molar-refractivity contribution in [2.75, 3.05) is 0 Å². The first-order chi connectivity index (χ1) is 10.9. The number of hydrogen-bond acceptors (Lipinski definition) is 10. The second kappa shape index (κ2) is 8.28. The monoisotopic (exact) mass is 327 g/mol. The van der Waals surface area contributed by atoms with Gasteiger partial charge in [-0.25, -0.2) is 0 Å². The molecule has 122 valence electrons. The van der Waals surface area contributed by atoms with Crippen LogP contribution in [-0.4, -0.2) is 56.3 Å². The lowest BCUT2D eigenvalue weighted by Crippen LogP contribution is -2.69. The molecule has 7 N–H and O–H groups in total. The van der Waals surface area contributed by atoms with Crippen molar-refractivity contribution in [2.45, 2.75) is 6.54 Å². The molecule has 2 aliphatic rings. The van der Waals surface area contributed by atoms with Crippen LogP contribution >= 0.6 is 0 Å². The second-order valence-electron chi connectivity index (χ2n) is 4.36. The van der Waals surface area contributed by atoms with E-state index in [9.17, 15) is 0 Å². The normalized spacial score (nSPS) is 20.4. The molecule has 0 saturated carbocycles. The van der Waals surface area contributed by atoms with Gasteiger partial charge in [0.1, 0.15) is 0 Å². The molecule has 0 aromatic heterocycles. The van der Waals surface area contributed by atoms with Gasteiger partial charge in [0.05, 0.1) is 6.54 Å². The quantitative estimate of drug-likeness (QED) is 0.320. The third kappa shape index (κ3) is 5.60. The molecule has 2 aliphatic heterocycles. The van der Waals surface area contributed by atoms with Gasteiger partial charge in [-0.15, -0.1) is 0 Å². The lowest BCUT2D eigenvalue weighted by molar-refractivity contribution is -0.386. The summed E-state index contributed by atoms with van der Waals surface area (Å²) in [5, 5.41) is 35.7. The molecule has 0 amide bonds. The van der Waals surface area contributed by atoms with Gasteiger partial charge >= 0.3 is 36.2 Å². The van der Waals surface area contributed by atoms with Gasteiger partial charge in [0, 0.05) is 5.56 Å². The van der Waals surface area contributed by atoms with E-state index in [0.717, 1.165) is 6.54 Å². The number of rotatable bonds is 1. The molecule has 0 aliphatic carbocycles. The van der Waals surface area contributed by atoms with Gasteiger partial charge in [-0.3, -0.25) is 0 Å². The molecule has 0 radical (unpaired) electrons. The van der Waals surface area contributed by atoms with Crippen LogP contribution in [0.15, 0.2) is 30.3 Å². The third-order valence-corrected chi connectivity index (χ3v) is 2.73. The summed E-state index contributed by atoms with van der Waals surface area (Å²) in [6.07, 6.45) is 0. The Morgan fingerprint density at radius 1 is 0.783 bits per heavy atom. The second-order valence-corrected chi connectivity index (χ2v) is 4.36. The molecule has 1 spiro atoms. The van der Waals surface area contributed by atoms with E-state index in [4.69, 9.17) is 20.1 Å². The Kier molecular flexibility index (Phi) is 6.64. The molecule has 1 aromatic rings. The minimum atomic E-state index is -3.21. The number of benzene rings is 1. The zero-order valence-electron chi connectivity index (χ0n) is 11.9. The summed E-state index contributed by atoms with van der Waals surface area (Å²) in [7, 11) is -7.59. The van der Waals surface area contributed by atoms with Crippen LogP contribution in [0.3, 0.4) is 0 Å². The van der Waals surface area contributed by atoms with Crippen molar-refractivity contribution < 1.29 is 53.3 Å². The summed E-state index contributed by atoms with van der Waals surface area (Å²) in [5.41, 5.74) is 5.05. The largest absolute Gasteiger partial charge is 0.582 e. The van der Waals surface area contributed by atoms with Gasteiger partial charge in [0.2, 0.25) is 0 Å². The highest BCUT2D eigenvalue weighted by Crippen LogP contribution is 2.23. The van der Waals surface area contributed by atoms with E-state index in [1.807, 2.05) is 18.2 Å². The molecule has 0 unspecified atom stereocenters. The van der Waals surface area contributed by atoms with E-state index in [2.05, 4.69) is 45.3 Å².